The Kier molecular flexibility index (Phi) is 3.85. The summed E-state index contributed by atoms with van der Waals surface area (Å²) in [7, 11) is 0. The van der Waals surface area contributed by atoms with Crippen LogP contribution < -0.4 is 11.1 Å². The van der Waals surface area contributed by atoms with E-state index in [-0.39, 0.29) is 23.9 Å². The van der Waals surface area contributed by atoms with Crippen molar-refractivity contribution in [2.24, 2.45) is 11.1 Å². The highest BCUT2D eigenvalue weighted by molar-refractivity contribution is 5.85. The van der Waals surface area contributed by atoms with Crippen molar-refractivity contribution < 1.29 is 13.6 Å². The van der Waals surface area contributed by atoms with Gasteiger partial charge in [0.15, 0.2) is 0 Å². The van der Waals surface area contributed by atoms with Gasteiger partial charge in [0.1, 0.15) is 11.6 Å². The maximum atomic E-state index is 13.5. The largest absolute Gasteiger partial charge is 0.353 e. The van der Waals surface area contributed by atoms with Gasteiger partial charge in [-0.25, -0.2) is 8.78 Å². The number of amides is 1. The van der Waals surface area contributed by atoms with Gasteiger partial charge in [0.05, 0.1) is 5.41 Å². The average Bonchev–Trinajstić information content (AvgIpc) is 3.15. The highest BCUT2D eigenvalue weighted by atomic mass is 19.1. The maximum Gasteiger partial charge on any atom is 0.227 e. The van der Waals surface area contributed by atoms with Crippen molar-refractivity contribution in [3.63, 3.8) is 0 Å². The van der Waals surface area contributed by atoms with E-state index in [1.807, 2.05) is 0 Å². The minimum absolute atomic E-state index is 0.00731. The van der Waals surface area contributed by atoms with Crippen LogP contribution in [-0.4, -0.2) is 18.5 Å². The van der Waals surface area contributed by atoms with Crippen molar-refractivity contribution >= 4 is 5.91 Å². The smallest absolute Gasteiger partial charge is 0.227 e. The first-order valence-corrected chi connectivity index (χ1v) is 6.42. The third-order valence-corrected chi connectivity index (χ3v) is 3.68. The van der Waals surface area contributed by atoms with Gasteiger partial charge in [0.25, 0.3) is 0 Å². The number of hydrogen-bond acceptors (Lipinski definition) is 2. The molecule has 3 nitrogen and oxygen atoms in total. The topological polar surface area (TPSA) is 55.1 Å². The molecule has 0 heterocycles. The lowest BCUT2D eigenvalue weighted by Crippen LogP contribution is -2.42. The van der Waals surface area contributed by atoms with Gasteiger partial charge < -0.3 is 11.1 Å². The molecule has 1 aliphatic carbocycles. The summed E-state index contributed by atoms with van der Waals surface area (Å²) in [5, 5.41) is 2.78. The molecule has 1 aromatic rings. The molecule has 1 saturated carbocycles. The van der Waals surface area contributed by atoms with Gasteiger partial charge in [-0.2, -0.15) is 0 Å². The Morgan fingerprint density at radius 2 is 2.00 bits per heavy atom. The lowest BCUT2D eigenvalue weighted by Gasteiger charge is -2.19. The van der Waals surface area contributed by atoms with E-state index in [9.17, 15) is 13.6 Å². The number of hydrogen-bond donors (Lipinski definition) is 2. The quantitative estimate of drug-likeness (QED) is 0.855. The Labute approximate surface area is 111 Å². The van der Waals surface area contributed by atoms with Gasteiger partial charge in [-0.1, -0.05) is 6.07 Å². The summed E-state index contributed by atoms with van der Waals surface area (Å²) >= 11 is 0. The fourth-order valence-corrected chi connectivity index (χ4v) is 2.14. The standard InChI is InChI=1S/C14H18F2N2O/c1-9(18-13(19)14(8-17)5-6-14)7-10-11(15)3-2-4-12(10)16/h2-4,9H,5-8,17H2,1H3,(H,18,19). The van der Waals surface area contributed by atoms with E-state index in [0.717, 1.165) is 12.8 Å². The minimum atomic E-state index is -0.582. The van der Waals surface area contributed by atoms with Crippen LogP contribution in [0.25, 0.3) is 0 Å². The molecule has 0 spiro atoms. The van der Waals surface area contributed by atoms with Gasteiger partial charge >= 0.3 is 0 Å². The first kappa shape index (κ1) is 13.9. The summed E-state index contributed by atoms with van der Waals surface area (Å²) in [6.45, 7) is 2.05. The molecule has 1 fully saturated rings. The van der Waals surface area contributed by atoms with Crippen LogP contribution in [0, 0.1) is 17.0 Å². The summed E-state index contributed by atoms with van der Waals surface area (Å²) < 4.78 is 27.0. The van der Waals surface area contributed by atoms with Gasteiger partial charge in [-0.3, -0.25) is 4.79 Å². The lowest BCUT2D eigenvalue weighted by molar-refractivity contribution is -0.126. The normalized spacial score (nSPS) is 17.9. The molecule has 0 bridgehead atoms. The van der Waals surface area contributed by atoms with Crippen LogP contribution in [0.1, 0.15) is 25.3 Å². The molecule has 19 heavy (non-hydrogen) atoms. The monoisotopic (exact) mass is 268 g/mol. The van der Waals surface area contributed by atoms with Crippen molar-refractivity contribution in [3.05, 3.63) is 35.4 Å². The predicted octanol–water partition coefficient (Wildman–Crippen LogP) is 1.75. The molecule has 1 atom stereocenters. The van der Waals surface area contributed by atoms with Gasteiger partial charge in [-0.05, 0) is 38.3 Å². The molecule has 1 aromatic carbocycles. The number of rotatable bonds is 5. The highest BCUT2D eigenvalue weighted by Gasteiger charge is 2.48. The van der Waals surface area contributed by atoms with E-state index >= 15 is 0 Å². The zero-order valence-corrected chi connectivity index (χ0v) is 10.9. The Morgan fingerprint density at radius 3 is 2.47 bits per heavy atom. The SMILES string of the molecule is CC(Cc1c(F)cccc1F)NC(=O)C1(CN)CC1. The number of benzene rings is 1. The molecule has 0 radical (unpaired) electrons. The molecular weight excluding hydrogens is 250 g/mol. The Hall–Kier alpha value is -1.49. The second-order valence-corrected chi connectivity index (χ2v) is 5.26. The zero-order chi connectivity index (χ0) is 14.0. The third kappa shape index (κ3) is 2.92. The summed E-state index contributed by atoms with van der Waals surface area (Å²) in [6.07, 6.45) is 1.71. The Bertz CT molecular complexity index is 466. The molecule has 104 valence electrons. The van der Waals surface area contributed by atoms with Crippen LogP contribution in [0.15, 0.2) is 18.2 Å². The fraction of sp³-hybridized carbons (Fsp3) is 0.500. The second-order valence-electron chi connectivity index (χ2n) is 5.26. The van der Waals surface area contributed by atoms with Crippen LogP contribution in [-0.2, 0) is 11.2 Å². The highest BCUT2D eigenvalue weighted by Crippen LogP contribution is 2.44. The molecule has 3 N–H and O–H groups in total. The molecule has 0 saturated heterocycles. The van der Waals surface area contributed by atoms with Gasteiger partial charge in [0, 0.05) is 18.2 Å². The molecule has 0 aliphatic heterocycles. The molecule has 1 unspecified atom stereocenters. The lowest BCUT2D eigenvalue weighted by atomic mass is 10.0. The van der Waals surface area contributed by atoms with Crippen molar-refractivity contribution in [2.75, 3.05) is 6.54 Å². The summed E-state index contributed by atoms with van der Waals surface area (Å²) in [5.41, 5.74) is 5.13. The molecular formula is C14H18F2N2O. The van der Waals surface area contributed by atoms with Crippen LogP contribution in [0.2, 0.25) is 0 Å². The number of nitrogens with one attached hydrogen (secondary N) is 1. The molecule has 1 aliphatic rings. The van der Waals surface area contributed by atoms with Crippen molar-refractivity contribution in [2.45, 2.75) is 32.2 Å². The van der Waals surface area contributed by atoms with Gasteiger partial charge in [0.2, 0.25) is 5.91 Å². The first-order chi connectivity index (χ1) is 8.98. The molecule has 5 heteroatoms. The predicted molar refractivity (Wildman–Crippen MR) is 68.4 cm³/mol. The zero-order valence-electron chi connectivity index (χ0n) is 10.9. The van der Waals surface area contributed by atoms with Crippen LogP contribution in [0.3, 0.4) is 0 Å². The van der Waals surface area contributed by atoms with E-state index in [0.29, 0.717) is 6.54 Å². The van der Waals surface area contributed by atoms with E-state index in [2.05, 4.69) is 5.32 Å². The number of halogens is 2. The number of carbonyl (C=O) groups is 1. The average molecular weight is 268 g/mol. The summed E-state index contributed by atoms with van der Waals surface area (Å²) in [6, 6.07) is 3.43. The van der Waals surface area contributed by atoms with Crippen molar-refractivity contribution in [1.29, 1.82) is 0 Å². The third-order valence-electron chi connectivity index (χ3n) is 3.68. The Morgan fingerprint density at radius 1 is 1.42 bits per heavy atom. The van der Waals surface area contributed by atoms with Gasteiger partial charge in [-0.15, -0.1) is 0 Å². The fourth-order valence-electron chi connectivity index (χ4n) is 2.14. The molecule has 1 amide bonds. The summed E-state index contributed by atoms with van der Waals surface area (Å²) in [5.74, 6) is -1.28. The molecule has 2 rings (SSSR count). The van der Waals surface area contributed by atoms with Crippen LogP contribution >= 0.6 is 0 Å². The van der Waals surface area contributed by atoms with Crippen LogP contribution in [0.4, 0.5) is 8.78 Å². The summed E-state index contributed by atoms with van der Waals surface area (Å²) in [4.78, 5) is 12.0. The van der Waals surface area contributed by atoms with E-state index in [1.165, 1.54) is 18.2 Å². The second kappa shape index (κ2) is 5.25. The van der Waals surface area contributed by atoms with E-state index in [1.54, 1.807) is 6.92 Å². The Balaban J connectivity index is 1.98. The van der Waals surface area contributed by atoms with Crippen molar-refractivity contribution in [3.8, 4) is 0 Å². The van der Waals surface area contributed by atoms with E-state index in [4.69, 9.17) is 5.73 Å². The van der Waals surface area contributed by atoms with Crippen LogP contribution in [0.5, 0.6) is 0 Å². The number of nitrogens with two attached hydrogens (primary N) is 1. The van der Waals surface area contributed by atoms with E-state index < -0.39 is 17.0 Å². The molecule has 0 aromatic heterocycles. The maximum absolute atomic E-state index is 13.5. The minimum Gasteiger partial charge on any atom is -0.353 e. The number of carbonyl (C=O) groups excluding carboxylic acids is 1. The van der Waals surface area contributed by atoms with Crippen molar-refractivity contribution in [1.82, 2.24) is 5.32 Å². The first-order valence-electron chi connectivity index (χ1n) is 6.42.